The van der Waals surface area contributed by atoms with E-state index in [4.69, 9.17) is 4.74 Å². The molecule has 0 radical (unpaired) electrons. The van der Waals surface area contributed by atoms with Gasteiger partial charge in [-0.05, 0) is 23.6 Å². The van der Waals surface area contributed by atoms with Gasteiger partial charge in [-0.1, -0.05) is 54.6 Å². The van der Waals surface area contributed by atoms with Gasteiger partial charge in [0.1, 0.15) is 0 Å². The molecule has 0 unspecified atom stereocenters. The average molecular weight is 374 g/mol. The first-order chi connectivity index (χ1) is 13.6. The Morgan fingerprint density at radius 3 is 2.75 bits per heavy atom. The van der Waals surface area contributed by atoms with Crippen molar-refractivity contribution >= 4 is 23.8 Å². The highest BCUT2D eigenvalue weighted by atomic mass is 16.5. The van der Waals surface area contributed by atoms with Crippen molar-refractivity contribution in [2.24, 2.45) is 4.99 Å². The standard InChI is InChI=1S/C23H22N2O3/c1-28-22(27)13-7-12-20-23(16-24-19-11-6-5-10-18(19)23)14-21(26)25(20)15-17-8-3-2-4-9-17/h2-11,13,16,20H,12,14-15H2,1H3/b13-7+/t20-,23+/m0/s1. The van der Waals surface area contributed by atoms with Crippen molar-refractivity contribution in [2.75, 3.05) is 7.11 Å². The third-order valence-corrected chi connectivity index (χ3v) is 5.58. The first kappa shape index (κ1) is 18.2. The quantitative estimate of drug-likeness (QED) is 0.594. The summed E-state index contributed by atoms with van der Waals surface area (Å²) in [6, 6.07) is 17.8. The molecule has 1 saturated heterocycles. The minimum Gasteiger partial charge on any atom is -0.466 e. The highest BCUT2D eigenvalue weighted by molar-refractivity contribution is 5.96. The Hall–Kier alpha value is -3.21. The minimum atomic E-state index is -0.469. The molecule has 0 bridgehead atoms. The largest absolute Gasteiger partial charge is 0.466 e. The Morgan fingerprint density at radius 1 is 1.21 bits per heavy atom. The second kappa shape index (κ2) is 7.43. The van der Waals surface area contributed by atoms with Gasteiger partial charge in [0, 0.05) is 25.3 Å². The summed E-state index contributed by atoms with van der Waals surface area (Å²) in [5.41, 5.74) is 2.61. The summed E-state index contributed by atoms with van der Waals surface area (Å²) in [5, 5.41) is 0. The summed E-state index contributed by atoms with van der Waals surface area (Å²) in [5.74, 6) is -0.294. The predicted molar refractivity (Wildman–Crippen MR) is 107 cm³/mol. The van der Waals surface area contributed by atoms with Crippen LogP contribution in [0.3, 0.4) is 0 Å². The van der Waals surface area contributed by atoms with Crippen LogP contribution in [0, 0.1) is 0 Å². The van der Waals surface area contributed by atoms with E-state index < -0.39 is 11.4 Å². The molecule has 1 fully saturated rings. The summed E-state index contributed by atoms with van der Waals surface area (Å²) in [4.78, 5) is 31.1. The molecule has 142 valence electrons. The molecular formula is C23H22N2O3. The lowest BCUT2D eigenvalue weighted by atomic mass is 9.74. The van der Waals surface area contributed by atoms with Crippen molar-refractivity contribution in [3.05, 3.63) is 77.9 Å². The monoisotopic (exact) mass is 374 g/mol. The molecule has 0 saturated carbocycles. The van der Waals surface area contributed by atoms with Crippen LogP contribution < -0.4 is 0 Å². The Balaban J connectivity index is 1.70. The van der Waals surface area contributed by atoms with Crippen LogP contribution in [-0.2, 0) is 26.3 Å². The summed E-state index contributed by atoms with van der Waals surface area (Å²) >= 11 is 0. The smallest absolute Gasteiger partial charge is 0.330 e. The lowest BCUT2D eigenvalue weighted by molar-refractivity contribution is -0.134. The number of methoxy groups -OCH3 is 1. The van der Waals surface area contributed by atoms with Crippen LogP contribution in [0.15, 0.2) is 71.7 Å². The third kappa shape index (κ3) is 3.13. The van der Waals surface area contributed by atoms with E-state index in [9.17, 15) is 9.59 Å². The molecule has 1 amide bonds. The molecule has 0 aromatic heterocycles. The van der Waals surface area contributed by atoms with Gasteiger partial charge in [-0.25, -0.2) is 4.79 Å². The highest BCUT2D eigenvalue weighted by Crippen LogP contribution is 2.48. The fourth-order valence-electron chi connectivity index (χ4n) is 4.24. The number of para-hydroxylation sites is 1. The van der Waals surface area contributed by atoms with Crippen LogP contribution in [0.2, 0.25) is 0 Å². The lowest BCUT2D eigenvalue weighted by Crippen LogP contribution is -2.42. The number of amides is 1. The van der Waals surface area contributed by atoms with E-state index in [1.54, 1.807) is 6.08 Å². The number of carbonyl (C=O) groups is 2. The van der Waals surface area contributed by atoms with Gasteiger partial charge in [0.15, 0.2) is 0 Å². The molecule has 0 aliphatic carbocycles. The van der Waals surface area contributed by atoms with Crippen molar-refractivity contribution in [3.63, 3.8) is 0 Å². The number of nitrogens with zero attached hydrogens (tertiary/aromatic N) is 2. The Kier molecular flexibility index (Phi) is 4.82. The number of benzene rings is 2. The number of ether oxygens (including phenoxy) is 1. The predicted octanol–water partition coefficient (Wildman–Crippen LogP) is 3.56. The van der Waals surface area contributed by atoms with E-state index in [1.165, 1.54) is 13.2 Å². The molecule has 0 N–H and O–H groups in total. The van der Waals surface area contributed by atoms with Crippen LogP contribution in [-0.4, -0.2) is 36.1 Å². The zero-order valence-electron chi connectivity index (χ0n) is 15.7. The van der Waals surface area contributed by atoms with Gasteiger partial charge in [0.25, 0.3) is 0 Å². The molecule has 2 aliphatic heterocycles. The van der Waals surface area contributed by atoms with Crippen molar-refractivity contribution in [1.82, 2.24) is 4.90 Å². The number of fused-ring (bicyclic) bond motifs is 2. The van der Waals surface area contributed by atoms with Gasteiger partial charge < -0.3 is 9.64 Å². The molecule has 4 rings (SSSR count). The van der Waals surface area contributed by atoms with Crippen LogP contribution in [0.4, 0.5) is 5.69 Å². The molecule has 2 aromatic rings. The SMILES string of the molecule is COC(=O)/C=C/C[C@@H]1N(Cc2ccccc2)C(=O)C[C@]12C=Nc1ccccc12. The fourth-order valence-corrected chi connectivity index (χ4v) is 4.24. The van der Waals surface area contributed by atoms with Gasteiger partial charge in [-0.3, -0.25) is 9.79 Å². The van der Waals surface area contributed by atoms with Crippen LogP contribution in [0.5, 0.6) is 0 Å². The second-order valence-electron chi connectivity index (χ2n) is 7.18. The molecule has 2 atom stereocenters. The first-order valence-corrected chi connectivity index (χ1v) is 9.37. The van der Waals surface area contributed by atoms with Gasteiger partial charge in [0.2, 0.25) is 5.91 Å². The van der Waals surface area contributed by atoms with Gasteiger partial charge in [-0.15, -0.1) is 0 Å². The number of esters is 1. The van der Waals surface area contributed by atoms with Crippen LogP contribution in [0.25, 0.3) is 0 Å². The molecule has 5 nitrogen and oxygen atoms in total. The van der Waals surface area contributed by atoms with E-state index in [0.29, 0.717) is 19.4 Å². The molecule has 2 aromatic carbocycles. The van der Waals surface area contributed by atoms with E-state index >= 15 is 0 Å². The number of likely N-dealkylation sites (tertiary alicyclic amines) is 1. The summed E-state index contributed by atoms with van der Waals surface area (Å²) in [7, 11) is 1.36. The van der Waals surface area contributed by atoms with E-state index in [0.717, 1.165) is 16.8 Å². The van der Waals surface area contributed by atoms with Crippen molar-refractivity contribution in [3.8, 4) is 0 Å². The minimum absolute atomic E-state index is 0.100. The van der Waals surface area contributed by atoms with Crippen LogP contribution in [0.1, 0.15) is 24.0 Å². The summed E-state index contributed by atoms with van der Waals surface area (Å²) in [6.07, 6.45) is 6.08. The topological polar surface area (TPSA) is 59.0 Å². The maximum Gasteiger partial charge on any atom is 0.330 e. The molecule has 2 heterocycles. The van der Waals surface area contributed by atoms with Gasteiger partial charge >= 0.3 is 5.97 Å². The van der Waals surface area contributed by atoms with Crippen LogP contribution >= 0.6 is 0 Å². The lowest BCUT2D eigenvalue weighted by Gasteiger charge is -2.33. The fraction of sp³-hybridized carbons (Fsp3) is 0.261. The third-order valence-electron chi connectivity index (χ3n) is 5.58. The maximum absolute atomic E-state index is 13.1. The Morgan fingerprint density at radius 2 is 1.96 bits per heavy atom. The van der Waals surface area contributed by atoms with E-state index in [1.807, 2.05) is 59.6 Å². The molecule has 5 heteroatoms. The molecule has 1 spiro atoms. The average Bonchev–Trinajstić information content (AvgIpc) is 3.21. The summed E-state index contributed by atoms with van der Waals surface area (Å²) in [6.45, 7) is 0.536. The second-order valence-corrected chi connectivity index (χ2v) is 7.18. The zero-order valence-corrected chi connectivity index (χ0v) is 15.7. The number of hydrogen-bond donors (Lipinski definition) is 0. The maximum atomic E-state index is 13.1. The number of carbonyl (C=O) groups excluding carboxylic acids is 2. The Labute approximate surface area is 164 Å². The van der Waals surface area contributed by atoms with E-state index in [-0.39, 0.29) is 11.9 Å². The van der Waals surface area contributed by atoms with Crippen molar-refractivity contribution < 1.29 is 14.3 Å². The van der Waals surface area contributed by atoms with Gasteiger partial charge in [0.05, 0.1) is 24.3 Å². The molecule has 28 heavy (non-hydrogen) atoms. The van der Waals surface area contributed by atoms with Crippen molar-refractivity contribution in [2.45, 2.75) is 30.8 Å². The molecule has 2 aliphatic rings. The Bertz CT molecular complexity index is 951. The molecular weight excluding hydrogens is 352 g/mol. The highest BCUT2D eigenvalue weighted by Gasteiger charge is 2.53. The normalized spacial score (nSPS) is 23.0. The zero-order chi connectivity index (χ0) is 19.6. The summed E-state index contributed by atoms with van der Waals surface area (Å²) < 4.78 is 4.70. The number of hydrogen-bond acceptors (Lipinski definition) is 4. The van der Waals surface area contributed by atoms with E-state index in [2.05, 4.69) is 11.1 Å². The van der Waals surface area contributed by atoms with Gasteiger partial charge in [-0.2, -0.15) is 0 Å². The first-order valence-electron chi connectivity index (χ1n) is 9.37. The number of aliphatic imine (C=N–C) groups is 1. The number of rotatable bonds is 5. The van der Waals surface area contributed by atoms with Crippen molar-refractivity contribution in [1.29, 1.82) is 0 Å².